The summed E-state index contributed by atoms with van der Waals surface area (Å²) >= 11 is 0. The summed E-state index contributed by atoms with van der Waals surface area (Å²) in [5, 5.41) is 0. The van der Waals surface area contributed by atoms with Crippen molar-refractivity contribution in [1.29, 1.82) is 0 Å². The Morgan fingerprint density at radius 1 is 0.808 bits per heavy atom. The Morgan fingerprint density at radius 3 is 1.73 bits per heavy atom. The third-order valence-corrected chi connectivity index (χ3v) is 4.61. The van der Waals surface area contributed by atoms with E-state index in [4.69, 9.17) is 9.47 Å². The van der Waals surface area contributed by atoms with Gasteiger partial charge in [0.1, 0.15) is 12.2 Å². The molecule has 0 fully saturated rings. The average molecular weight is 363 g/mol. The van der Waals surface area contributed by atoms with Crippen LogP contribution in [0.3, 0.4) is 0 Å². The highest BCUT2D eigenvalue weighted by Crippen LogP contribution is 2.20. The highest BCUT2D eigenvalue weighted by molar-refractivity contribution is 6.03. The molecule has 2 atom stereocenters. The van der Waals surface area contributed by atoms with Gasteiger partial charge in [0.05, 0.1) is 11.1 Å². The van der Waals surface area contributed by atoms with Gasteiger partial charge in [-0.25, -0.2) is 9.59 Å². The van der Waals surface area contributed by atoms with Crippen LogP contribution in [0.1, 0.15) is 99.4 Å². The van der Waals surface area contributed by atoms with Crippen molar-refractivity contribution >= 4 is 11.9 Å². The summed E-state index contributed by atoms with van der Waals surface area (Å²) in [6.07, 6.45) is 5.62. The highest BCUT2D eigenvalue weighted by Gasteiger charge is 2.23. The van der Waals surface area contributed by atoms with Crippen LogP contribution in [-0.4, -0.2) is 24.1 Å². The van der Waals surface area contributed by atoms with Crippen LogP contribution in [0.4, 0.5) is 0 Å². The standard InChI is InChI=1S/C22H34O4/c1-6-11-17(9-4)25-21(23)19-14-13-16(8-3)15-20(19)22(24)26-18(10-5)12-7-2/h13-15,17-18H,6-12H2,1-5H3. The Balaban J connectivity index is 3.08. The first kappa shape index (κ1) is 22.2. The zero-order valence-electron chi connectivity index (χ0n) is 17.0. The second kappa shape index (κ2) is 11.7. The van der Waals surface area contributed by atoms with E-state index >= 15 is 0 Å². The Kier molecular flexibility index (Phi) is 10.0. The number of aryl methyl sites for hydroxylation is 1. The molecule has 146 valence electrons. The van der Waals surface area contributed by atoms with Gasteiger partial charge in [0.2, 0.25) is 0 Å². The predicted octanol–water partition coefficient (Wildman–Crippen LogP) is 5.72. The fraction of sp³-hybridized carbons (Fsp3) is 0.636. The van der Waals surface area contributed by atoms with Gasteiger partial charge in [-0.15, -0.1) is 0 Å². The molecule has 0 radical (unpaired) electrons. The van der Waals surface area contributed by atoms with Crippen molar-refractivity contribution in [3.8, 4) is 0 Å². The van der Waals surface area contributed by atoms with Crippen LogP contribution in [-0.2, 0) is 15.9 Å². The van der Waals surface area contributed by atoms with E-state index in [0.29, 0.717) is 11.1 Å². The van der Waals surface area contributed by atoms with E-state index in [-0.39, 0.29) is 12.2 Å². The van der Waals surface area contributed by atoms with Gasteiger partial charge in [-0.2, -0.15) is 0 Å². The normalized spacial score (nSPS) is 13.1. The van der Waals surface area contributed by atoms with Gasteiger partial charge in [-0.1, -0.05) is 53.5 Å². The number of rotatable bonds is 11. The molecule has 0 aromatic heterocycles. The van der Waals surface area contributed by atoms with Crippen molar-refractivity contribution < 1.29 is 19.1 Å². The van der Waals surface area contributed by atoms with Crippen LogP contribution in [0.2, 0.25) is 0 Å². The molecule has 0 aliphatic carbocycles. The lowest BCUT2D eigenvalue weighted by atomic mass is 10.0. The zero-order valence-corrected chi connectivity index (χ0v) is 17.0. The van der Waals surface area contributed by atoms with Crippen molar-refractivity contribution in [2.24, 2.45) is 0 Å². The van der Waals surface area contributed by atoms with Crippen LogP contribution < -0.4 is 0 Å². The number of hydrogen-bond acceptors (Lipinski definition) is 4. The average Bonchev–Trinajstić information content (AvgIpc) is 2.66. The Morgan fingerprint density at radius 2 is 1.31 bits per heavy atom. The maximum absolute atomic E-state index is 12.7. The molecule has 0 N–H and O–H groups in total. The fourth-order valence-electron chi connectivity index (χ4n) is 2.92. The van der Waals surface area contributed by atoms with E-state index in [1.807, 2.05) is 26.8 Å². The zero-order chi connectivity index (χ0) is 19.5. The summed E-state index contributed by atoms with van der Waals surface area (Å²) in [5.74, 6) is -0.875. The lowest BCUT2D eigenvalue weighted by Gasteiger charge is -2.19. The van der Waals surface area contributed by atoms with E-state index in [9.17, 15) is 9.59 Å². The van der Waals surface area contributed by atoms with Crippen LogP contribution in [0, 0.1) is 0 Å². The third kappa shape index (κ3) is 6.47. The topological polar surface area (TPSA) is 52.6 Å². The lowest BCUT2D eigenvalue weighted by Crippen LogP contribution is -2.22. The summed E-state index contributed by atoms with van der Waals surface area (Å²) in [6, 6.07) is 5.33. The lowest BCUT2D eigenvalue weighted by molar-refractivity contribution is 0.0223. The first-order chi connectivity index (χ1) is 12.5. The first-order valence-corrected chi connectivity index (χ1v) is 10.0. The number of benzene rings is 1. The quantitative estimate of drug-likeness (QED) is 0.472. The van der Waals surface area contributed by atoms with Gasteiger partial charge >= 0.3 is 11.9 Å². The van der Waals surface area contributed by atoms with Crippen LogP contribution >= 0.6 is 0 Å². The van der Waals surface area contributed by atoms with Crippen LogP contribution in [0.25, 0.3) is 0 Å². The van der Waals surface area contributed by atoms with Crippen molar-refractivity contribution in [1.82, 2.24) is 0 Å². The van der Waals surface area contributed by atoms with E-state index in [2.05, 4.69) is 13.8 Å². The van der Waals surface area contributed by atoms with Gasteiger partial charge in [0.15, 0.2) is 0 Å². The SMILES string of the molecule is CCCC(CC)OC(=O)c1ccc(CC)cc1C(=O)OC(CC)CCC. The molecule has 0 amide bonds. The Bertz CT molecular complexity index is 580. The van der Waals surface area contributed by atoms with Crippen LogP contribution in [0.15, 0.2) is 18.2 Å². The molecule has 0 bridgehead atoms. The molecule has 1 aromatic carbocycles. The molecule has 4 heteroatoms. The van der Waals surface area contributed by atoms with Gasteiger partial charge < -0.3 is 9.47 Å². The van der Waals surface area contributed by atoms with Gasteiger partial charge in [-0.3, -0.25) is 0 Å². The molecule has 0 heterocycles. The van der Waals surface area contributed by atoms with Crippen molar-refractivity contribution in [3.63, 3.8) is 0 Å². The monoisotopic (exact) mass is 362 g/mol. The largest absolute Gasteiger partial charge is 0.459 e. The summed E-state index contributed by atoms with van der Waals surface area (Å²) in [7, 11) is 0. The minimum atomic E-state index is -0.441. The molecular weight excluding hydrogens is 328 g/mol. The third-order valence-electron chi connectivity index (χ3n) is 4.61. The number of esters is 2. The van der Waals surface area contributed by atoms with Crippen molar-refractivity contribution in [2.75, 3.05) is 0 Å². The Labute approximate surface area is 158 Å². The fourth-order valence-corrected chi connectivity index (χ4v) is 2.92. The van der Waals surface area contributed by atoms with E-state index in [1.165, 1.54) is 0 Å². The minimum Gasteiger partial charge on any atom is -0.459 e. The molecule has 1 rings (SSSR count). The highest BCUT2D eigenvalue weighted by atomic mass is 16.5. The Hall–Kier alpha value is -1.84. The molecule has 0 spiro atoms. The minimum absolute atomic E-state index is 0.120. The van der Waals surface area contributed by atoms with E-state index in [0.717, 1.165) is 50.5 Å². The second-order valence-electron chi connectivity index (χ2n) is 6.68. The number of hydrogen-bond donors (Lipinski definition) is 0. The van der Waals surface area contributed by atoms with E-state index in [1.54, 1.807) is 12.1 Å². The molecule has 0 saturated carbocycles. The molecule has 1 aromatic rings. The molecule has 2 unspecified atom stereocenters. The maximum atomic E-state index is 12.7. The molecule has 0 aliphatic rings. The van der Waals surface area contributed by atoms with Crippen molar-refractivity contribution in [3.05, 3.63) is 34.9 Å². The van der Waals surface area contributed by atoms with Crippen LogP contribution in [0.5, 0.6) is 0 Å². The first-order valence-electron chi connectivity index (χ1n) is 10.0. The molecule has 26 heavy (non-hydrogen) atoms. The van der Waals surface area contributed by atoms with Gasteiger partial charge in [-0.05, 0) is 49.8 Å². The van der Waals surface area contributed by atoms with E-state index < -0.39 is 11.9 Å². The number of carbonyl (C=O) groups excluding carboxylic acids is 2. The van der Waals surface area contributed by atoms with Gasteiger partial charge in [0.25, 0.3) is 0 Å². The maximum Gasteiger partial charge on any atom is 0.339 e. The molecular formula is C22H34O4. The number of carbonyl (C=O) groups is 2. The summed E-state index contributed by atoms with van der Waals surface area (Å²) in [4.78, 5) is 25.4. The predicted molar refractivity (Wildman–Crippen MR) is 105 cm³/mol. The molecule has 4 nitrogen and oxygen atoms in total. The smallest absolute Gasteiger partial charge is 0.339 e. The summed E-state index contributed by atoms with van der Waals surface area (Å²) in [5.41, 5.74) is 1.61. The summed E-state index contributed by atoms with van der Waals surface area (Å²) in [6.45, 7) is 10.1. The molecule has 0 saturated heterocycles. The number of ether oxygens (including phenoxy) is 2. The van der Waals surface area contributed by atoms with Crippen molar-refractivity contribution in [2.45, 2.75) is 91.8 Å². The summed E-state index contributed by atoms with van der Waals surface area (Å²) < 4.78 is 11.3. The van der Waals surface area contributed by atoms with Gasteiger partial charge in [0, 0.05) is 0 Å². The molecule has 0 aliphatic heterocycles. The second-order valence-corrected chi connectivity index (χ2v) is 6.68.